The molecule has 1 aromatic carbocycles. The maximum absolute atomic E-state index is 13.0. The van der Waals surface area contributed by atoms with Gasteiger partial charge in [0, 0.05) is 19.0 Å². The van der Waals surface area contributed by atoms with Crippen molar-refractivity contribution in [1.29, 1.82) is 0 Å². The summed E-state index contributed by atoms with van der Waals surface area (Å²) in [5.41, 5.74) is -1.86. The van der Waals surface area contributed by atoms with Crippen molar-refractivity contribution in [3.63, 3.8) is 0 Å². The molecule has 3 atom stereocenters. The third-order valence-electron chi connectivity index (χ3n) is 5.66. The minimum absolute atomic E-state index is 0.0634. The number of hydrogen-bond acceptors (Lipinski definition) is 3. The van der Waals surface area contributed by atoms with Crippen LogP contribution in [0, 0.1) is 11.8 Å². The van der Waals surface area contributed by atoms with Crippen molar-refractivity contribution >= 4 is 5.91 Å². The summed E-state index contributed by atoms with van der Waals surface area (Å²) in [6, 6.07) is 8.09. The van der Waals surface area contributed by atoms with Crippen molar-refractivity contribution in [3.05, 3.63) is 59.5 Å². The van der Waals surface area contributed by atoms with Crippen molar-refractivity contribution in [2.24, 2.45) is 11.8 Å². The first-order valence-electron chi connectivity index (χ1n) is 8.52. The lowest BCUT2D eigenvalue weighted by Gasteiger charge is -2.31. The minimum Gasteiger partial charge on any atom is -0.459 e. The predicted molar refractivity (Wildman–Crippen MR) is 86.2 cm³/mol. The molecule has 1 saturated carbocycles. The quantitative estimate of drug-likeness (QED) is 0.884. The highest BCUT2D eigenvalue weighted by molar-refractivity contribution is 5.91. The normalized spacial score (nSPS) is 28.4. The zero-order valence-corrected chi connectivity index (χ0v) is 13.9. The third kappa shape index (κ3) is 2.70. The number of benzene rings is 1. The summed E-state index contributed by atoms with van der Waals surface area (Å²) in [6.07, 6.45) is -1.98. The number of aliphatic hydroxyl groups is 1. The highest BCUT2D eigenvalue weighted by Gasteiger charge is 2.53. The van der Waals surface area contributed by atoms with Gasteiger partial charge in [-0.05, 0) is 48.6 Å². The lowest BCUT2D eigenvalue weighted by Crippen LogP contribution is -2.36. The van der Waals surface area contributed by atoms with Crippen LogP contribution in [0.5, 0.6) is 0 Å². The van der Waals surface area contributed by atoms with Gasteiger partial charge < -0.3 is 14.4 Å². The van der Waals surface area contributed by atoms with Gasteiger partial charge in [0.15, 0.2) is 5.76 Å². The first-order chi connectivity index (χ1) is 12.3. The van der Waals surface area contributed by atoms with E-state index in [0.29, 0.717) is 25.9 Å². The number of carbonyl (C=O) groups excluding carboxylic acids is 1. The van der Waals surface area contributed by atoms with Crippen molar-refractivity contribution in [1.82, 2.24) is 4.90 Å². The number of likely N-dealkylation sites (tertiary alicyclic amines) is 1. The Kier molecular flexibility index (Phi) is 3.87. The number of carbonyl (C=O) groups is 1. The van der Waals surface area contributed by atoms with Crippen LogP contribution < -0.4 is 0 Å². The molecule has 1 aliphatic heterocycles. The van der Waals surface area contributed by atoms with Gasteiger partial charge in [-0.25, -0.2) is 0 Å². The van der Waals surface area contributed by atoms with E-state index in [9.17, 15) is 23.1 Å². The summed E-state index contributed by atoms with van der Waals surface area (Å²) in [5.74, 6) is -0.248. The molecule has 2 aliphatic rings. The number of fused-ring (bicyclic) bond motifs is 1. The van der Waals surface area contributed by atoms with Crippen LogP contribution >= 0.6 is 0 Å². The molecule has 7 heteroatoms. The fraction of sp³-hybridized carbons (Fsp3) is 0.421. The number of alkyl halides is 3. The lowest BCUT2D eigenvalue weighted by molar-refractivity contribution is -0.137. The Balaban J connectivity index is 1.60. The van der Waals surface area contributed by atoms with Gasteiger partial charge in [-0.2, -0.15) is 13.2 Å². The Labute approximate surface area is 148 Å². The second kappa shape index (κ2) is 5.87. The summed E-state index contributed by atoms with van der Waals surface area (Å²) in [7, 11) is 0. The molecule has 4 nitrogen and oxygen atoms in total. The number of nitrogens with zero attached hydrogens (tertiary/aromatic N) is 1. The Bertz CT molecular complexity index is 818. The van der Waals surface area contributed by atoms with Crippen LogP contribution in [0.2, 0.25) is 0 Å². The highest BCUT2D eigenvalue weighted by atomic mass is 19.4. The molecule has 4 rings (SSSR count). The molecule has 138 valence electrons. The lowest BCUT2D eigenvalue weighted by atomic mass is 9.81. The SMILES string of the molecule is O=C(c1ccco1)N1C[C@H]2CC[C@](O)(c3cccc(C(F)(F)F)c3)[C@H]2C1. The second-order valence-electron chi connectivity index (χ2n) is 7.10. The predicted octanol–water partition coefficient (Wildman–Crippen LogP) is 3.67. The molecule has 1 aliphatic carbocycles. The molecule has 1 aromatic heterocycles. The van der Waals surface area contributed by atoms with E-state index in [2.05, 4.69) is 0 Å². The Morgan fingerprint density at radius 3 is 2.73 bits per heavy atom. The average molecular weight is 365 g/mol. The second-order valence-corrected chi connectivity index (χ2v) is 7.10. The number of hydrogen-bond donors (Lipinski definition) is 1. The number of amides is 1. The molecule has 2 heterocycles. The molecule has 0 bridgehead atoms. The molecule has 2 aromatic rings. The summed E-state index contributed by atoms with van der Waals surface area (Å²) in [6.45, 7) is 0.780. The van der Waals surface area contributed by atoms with Crippen LogP contribution in [0.3, 0.4) is 0 Å². The van der Waals surface area contributed by atoms with Crippen LogP contribution in [-0.4, -0.2) is 29.0 Å². The van der Waals surface area contributed by atoms with Gasteiger partial charge in [0.05, 0.1) is 17.4 Å². The molecule has 1 N–H and O–H groups in total. The molecule has 0 spiro atoms. The summed E-state index contributed by atoms with van der Waals surface area (Å²) < 4.78 is 44.2. The summed E-state index contributed by atoms with van der Waals surface area (Å²) >= 11 is 0. The molecule has 0 radical (unpaired) electrons. The van der Waals surface area contributed by atoms with Gasteiger partial charge in [0.1, 0.15) is 0 Å². The maximum Gasteiger partial charge on any atom is 0.416 e. The van der Waals surface area contributed by atoms with E-state index in [1.54, 1.807) is 17.0 Å². The van der Waals surface area contributed by atoms with E-state index in [1.807, 2.05) is 0 Å². The standard InChI is InChI=1S/C19H18F3NO3/c20-19(21,22)14-4-1-3-13(9-14)18(25)7-6-12-10-23(11-15(12)18)17(24)16-5-2-8-26-16/h1-5,8-9,12,15,25H,6-7,10-11H2/t12-,15+,18+/m1/s1. The Hall–Kier alpha value is -2.28. The van der Waals surface area contributed by atoms with E-state index in [-0.39, 0.29) is 29.1 Å². The zero-order valence-electron chi connectivity index (χ0n) is 13.9. The molecule has 0 unspecified atom stereocenters. The molecular weight excluding hydrogens is 347 g/mol. The summed E-state index contributed by atoms with van der Waals surface area (Å²) in [5, 5.41) is 11.2. The fourth-order valence-electron chi connectivity index (χ4n) is 4.34. The van der Waals surface area contributed by atoms with Crippen molar-refractivity contribution in [3.8, 4) is 0 Å². The molecule has 2 fully saturated rings. The molecule has 1 amide bonds. The maximum atomic E-state index is 13.0. The van der Waals surface area contributed by atoms with Gasteiger partial charge in [0.25, 0.3) is 5.91 Å². The van der Waals surface area contributed by atoms with Gasteiger partial charge in [0.2, 0.25) is 0 Å². The Morgan fingerprint density at radius 1 is 1.23 bits per heavy atom. The number of rotatable bonds is 2. The first-order valence-corrected chi connectivity index (χ1v) is 8.52. The van der Waals surface area contributed by atoms with Gasteiger partial charge >= 0.3 is 6.18 Å². The molecule has 26 heavy (non-hydrogen) atoms. The average Bonchev–Trinajstić information content (AvgIpc) is 3.32. The zero-order chi connectivity index (χ0) is 18.5. The molecular formula is C19H18F3NO3. The van der Waals surface area contributed by atoms with Crippen LogP contribution in [0.4, 0.5) is 13.2 Å². The first kappa shape index (κ1) is 17.1. The van der Waals surface area contributed by atoms with E-state index in [1.165, 1.54) is 18.4 Å². The topological polar surface area (TPSA) is 53.7 Å². The van der Waals surface area contributed by atoms with Gasteiger partial charge in [-0.1, -0.05) is 12.1 Å². The number of halogens is 3. The van der Waals surface area contributed by atoms with Crippen LogP contribution in [-0.2, 0) is 11.8 Å². The molecule has 1 saturated heterocycles. The monoisotopic (exact) mass is 365 g/mol. The van der Waals surface area contributed by atoms with Crippen LogP contribution in [0.15, 0.2) is 47.1 Å². The highest BCUT2D eigenvalue weighted by Crippen LogP contribution is 2.51. The Morgan fingerprint density at radius 2 is 2.04 bits per heavy atom. The van der Waals surface area contributed by atoms with Gasteiger partial charge in [-0.3, -0.25) is 4.79 Å². The van der Waals surface area contributed by atoms with E-state index >= 15 is 0 Å². The van der Waals surface area contributed by atoms with Crippen molar-refractivity contribution < 1.29 is 27.5 Å². The van der Waals surface area contributed by atoms with Crippen LogP contribution in [0.25, 0.3) is 0 Å². The van der Waals surface area contributed by atoms with E-state index in [0.717, 1.165) is 12.1 Å². The van der Waals surface area contributed by atoms with Crippen molar-refractivity contribution in [2.45, 2.75) is 24.6 Å². The minimum atomic E-state index is -4.46. The number of furan rings is 1. The van der Waals surface area contributed by atoms with E-state index in [4.69, 9.17) is 4.42 Å². The summed E-state index contributed by atoms with van der Waals surface area (Å²) in [4.78, 5) is 14.1. The smallest absolute Gasteiger partial charge is 0.416 e. The van der Waals surface area contributed by atoms with Crippen molar-refractivity contribution in [2.75, 3.05) is 13.1 Å². The van der Waals surface area contributed by atoms with Gasteiger partial charge in [-0.15, -0.1) is 0 Å². The third-order valence-corrected chi connectivity index (χ3v) is 5.66. The van der Waals surface area contributed by atoms with E-state index < -0.39 is 17.3 Å². The van der Waals surface area contributed by atoms with Crippen LogP contribution in [0.1, 0.15) is 34.5 Å². The fourth-order valence-corrected chi connectivity index (χ4v) is 4.34. The largest absolute Gasteiger partial charge is 0.459 e.